The largest absolute Gasteiger partial charge is 0.384 e. The summed E-state index contributed by atoms with van der Waals surface area (Å²) in [6, 6.07) is 13.0. The Morgan fingerprint density at radius 2 is 1.89 bits per heavy atom. The van der Waals surface area contributed by atoms with Gasteiger partial charge in [0.1, 0.15) is 18.0 Å². The molecule has 0 aliphatic rings. The summed E-state index contributed by atoms with van der Waals surface area (Å²) < 4.78 is 0. The van der Waals surface area contributed by atoms with Crippen molar-refractivity contribution in [2.75, 3.05) is 18.4 Å². The van der Waals surface area contributed by atoms with Crippen LogP contribution in [0.4, 0.5) is 5.82 Å². The van der Waals surface area contributed by atoms with Crippen molar-refractivity contribution in [1.29, 1.82) is 5.41 Å². The van der Waals surface area contributed by atoms with Gasteiger partial charge in [-0.3, -0.25) is 10.2 Å². The average molecular weight is 376 g/mol. The van der Waals surface area contributed by atoms with Crippen molar-refractivity contribution in [1.82, 2.24) is 14.9 Å². The van der Waals surface area contributed by atoms with Crippen LogP contribution in [0.1, 0.15) is 35.3 Å². The lowest BCUT2D eigenvalue weighted by Gasteiger charge is -2.18. The monoisotopic (exact) mass is 376 g/mol. The maximum atomic E-state index is 12.6. The number of nitrogen functional groups attached to an aromatic ring is 1. The number of rotatable bonds is 7. The predicted molar refractivity (Wildman–Crippen MR) is 112 cm³/mol. The summed E-state index contributed by atoms with van der Waals surface area (Å²) >= 11 is 0. The molecular formula is C21H24N6O. The summed E-state index contributed by atoms with van der Waals surface area (Å²) in [5.41, 5.74) is 8.57. The summed E-state index contributed by atoms with van der Waals surface area (Å²) in [6.07, 6.45) is 1.49. The SMILES string of the molecule is CCN(CC)C(=O)c1ccc2c(NCc3cccc(C(=N)N)c3)ncnc2c1. The molecule has 3 rings (SSSR count). The van der Waals surface area contributed by atoms with Gasteiger partial charge in [0.05, 0.1) is 5.52 Å². The van der Waals surface area contributed by atoms with E-state index in [1.54, 1.807) is 17.0 Å². The van der Waals surface area contributed by atoms with Crippen molar-refractivity contribution >= 4 is 28.5 Å². The highest BCUT2D eigenvalue weighted by Gasteiger charge is 2.14. The molecule has 0 aliphatic carbocycles. The standard InChI is InChI=1S/C21H24N6O/c1-3-27(4-2)21(28)16-8-9-17-18(11-16)25-13-26-20(17)24-12-14-6-5-7-15(10-14)19(22)23/h5-11,13H,3-4,12H2,1-2H3,(H3,22,23)(H,24,25,26). The first-order chi connectivity index (χ1) is 13.5. The van der Waals surface area contributed by atoms with Crippen LogP contribution in [-0.2, 0) is 6.54 Å². The Labute approximate surface area is 164 Å². The Bertz CT molecular complexity index is 1010. The maximum absolute atomic E-state index is 12.6. The second-order valence-electron chi connectivity index (χ2n) is 6.40. The number of carbonyl (C=O) groups is 1. The van der Waals surface area contributed by atoms with Gasteiger partial charge < -0.3 is 16.0 Å². The van der Waals surface area contributed by atoms with E-state index in [0.29, 0.717) is 42.1 Å². The molecule has 0 bridgehead atoms. The van der Waals surface area contributed by atoms with Crippen molar-refractivity contribution in [3.8, 4) is 0 Å². The molecule has 1 aromatic heterocycles. The third kappa shape index (κ3) is 4.09. The average Bonchev–Trinajstić information content (AvgIpc) is 2.72. The van der Waals surface area contributed by atoms with Crippen LogP contribution < -0.4 is 11.1 Å². The number of hydrogen-bond acceptors (Lipinski definition) is 5. The summed E-state index contributed by atoms with van der Waals surface area (Å²) in [7, 11) is 0. The molecule has 0 atom stereocenters. The van der Waals surface area contributed by atoms with Gasteiger partial charge in [0.15, 0.2) is 0 Å². The highest BCUT2D eigenvalue weighted by Crippen LogP contribution is 2.22. The Kier molecular flexibility index (Phi) is 5.84. The fourth-order valence-corrected chi connectivity index (χ4v) is 3.06. The van der Waals surface area contributed by atoms with Gasteiger partial charge in [0.2, 0.25) is 0 Å². The third-order valence-electron chi connectivity index (χ3n) is 4.63. The zero-order valence-electron chi connectivity index (χ0n) is 16.1. The van der Waals surface area contributed by atoms with E-state index in [4.69, 9.17) is 11.1 Å². The van der Waals surface area contributed by atoms with Crippen LogP contribution in [0.5, 0.6) is 0 Å². The molecule has 4 N–H and O–H groups in total. The van der Waals surface area contributed by atoms with E-state index in [2.05, 4.69) is 15.3 Å². The molecule has 0 fully saturated rings. The minimum Gasteiger partial charge on any atom is -0.384 e. The van der Waals surface area contributed by atoms with E-state index in [1.807, 2.05) is 44.2 Å². The zero-order valence-corrected chi connectivity index (χ0v) is 16.1. The van der Waals surface area contributed by atoms with Crippen molar-refractivity contribution in [2.45, 2.75) is 20.4 Å². The number of hydrogen-bond donors (Lipinski definition) is 3. The first-order valence-electron chi connectivity index (χ1n) is 9.24. The molecule has 0 radical (unpaired) electrons. The molecule has 0 saturated heterocycles. The van der Waals surface area contributed by atoms with Crippen LogP contribution in [0, 0.1) is 5.41 Å². The molecule has 7 nitrogen and oxygen atoms in total. The highest BCUT2D eigenvalue weighted by molar-refractivity contribution is 5.99. The lowest BCUT2D eigenvalue weighted by Crippen LogP contribution is -2.30. The van der Waals surface area contributed by atoms with Gasteiger partial charge in [-0.2, -0.15) is 0 Å². The minimum atomic E-state index is 0.000990. The third-order valence-corrected chi connectivity index (χ3v) is 4.63. The van der Waals surface area contributed by atoms with E-state index in [9.17, 15) is 4.79 Å². The first kappa shape index (κ1) is 19.3. The van der Waals surface area contributed by atoms with Gasteiger partial charge in [-0.05, 0) is 43.7 Å². The quantitative estimate of drug-likeness (QED) is 0.434. The summed E-state index contributed by atoms with van der Waals surface area (Å²) in [5.74, 6) is 0.737. The highest BCUT2D eigenvalue weighted by atomic mass is 16.2. The predicted octanol–water partition coefficient (Wildman–Crippen LogP) is 3.01. The first-order valence-corrected chi connectivity index (χ1v) is 9.24. The van der Waals surface area contributed by atoms with Gasteiger partial charge in [-0.1, -0.05) is 18.2 Å². The zero-order chi connectivity index (χ0) is 20.1. The Hall–Kier alpha value is -3.48. The number of aromatic nitrogens is 2. The topological polar surface area (TPSA) is 108 Å². The molecule has 28 heavy (non-hydrogen) atoms. The van der Waals surface area contributed by atoms with Gasteiger partial charge in [-0.25, -0.2) is 9.97 Å². The molecule has 0 saturated carbocycles. The summed E-state index contributed by atoms with van der Waals surface area (Å²) in [4.78, 5) is 23.0. The number of nitrogens with one attached hydrogen (secondary N) is 2. The number of nitrogens with zero attached hydrogens (tertiary/aromatic N) is 3. The molecule has 2 aromatic carbocycles. The van der Waals surface area contributed by atoms with Crippen LogP contribution >= 0.6 is 0 Å². The number of fused-ring (bicyclic) bond motifs is 1. The second kappa shape index (κ2) is 8.47. The Morgan fingerprint density at radius 1 is 1.11 bits per heavy atom. The fraction of sp³-hybridized carbons (Fsp3) is 0.238. The van der Waals surface area contributed by atoms with Crippen molar-refractivity contribution in [3.63, 3.8) is 0 Å². The van der Waals surface area contributed by atoms with Crippen molar-refractivity contribution < 1.29 is 4.79 Å². The van der Waals surface area contributed by atoms with E-state index in [1.165, 1.54) is 6.33 Å². The molecule has 1 heterocycles. The molecule has 0 unspecified atom stereocenters. The van der Waals surface area contributed by atoms with Gasteiger partial charge in [0, 0.05) is 36.1 Å². The van der Waals surface area contributed by atoms with Crippen molar-refractivity contribution in [3.05, 3.63) is 65.5 Å². The lowest BCUT2D eigenvalue weighted by atomic mass is 10.1. The molecule has 7 heteroatoms. The van der Waals surface area contributed by atoms with E-state index in [0.717, 1.165) is 10.9 Å². The van der Waals surface area contributed by atoms with Crippen LogP contribution in [0.2, 0.25) is 0 Å². The number of amides is 1. The maximum Gasteiger partial charge on any atom is 0.253 e. The Morgan fingerprint density at radius 3 is 2.61 bits per heavy atom. The van der Waals surface area contributed by atoms with Gasteiger partial charge in [0.25, 0.3) is 5.91 Å². The van der Waals surface area contributed by atoms with Crippen LogP contribution in [0.25, 0.3) is 10.9 Å². The molecule has 0 spiro atoms. The summed E-state index contributed by atoms with van der Waals surface area (Å²) in [5, 5.41) is 11.7. The van der Waals surface area contributed by atoms with E-state index < -0.39 is 0 Å². The van der Waals surface area contributed by atoms with Gasteiger partial charge >= 0.3 is 0 Å². The molecule has 0 aliphatic heterocycles. The van der Waals surface area contributed by atoms with Crippen molar-refractivity contribution in [2.24, 2.45) is 5.73 Å². The number of carbonyl (C=O) groups excluding carboxylic acids is 1. The second-order valence-corrected chi connectivity index (χ2v) is 6.40. The molecule has 144 valence electrons. The van der Waals surface area contributed by atoms with Crippen LogP contribution in [-0.4, -0.2) is 39.7 Å². The lowest BCUT2D eigenvalue weighted by molar-refractivity contribution is 0.0773. The fourth-order valence-electron chi connectivity index (χ4n) is 3.06. The number of anilines is 1. The van der Waals surface area contributed by atoms with E-state index >= 15 is 0 Å². The van der Waals surface area contributed by atoms with Crippen LogP contribution in [0.15, 0.2) is 48.8 Å². The Balaban J connectivity index is 1.84. The molecule has 1 amide bonds. The van der Waals surface area contributed by atoms with Gasteiger partial charge in [-0.15, -0.1) is 0 Å². The van der Waals surface area contributed by atoms with E-state index in [-0.39, 0.29) is 11.7 Å². The number of amidine groups is 1. The molecular weight excluding hydrogens is 352 g/mol. The number of nitrogens with two attached hydrogens (primary N) is 1. The smallest absolute Gasteiger partial charge is 0.253 e. The van der Waals surface area contributed by atoms with Crippen LogP contribution in [0.3, 0.4) is 0 Å². The summed E-state index contributed by atoms with van der Waals surface area (Å²) in [6.45, 7) is 5.81. The number of benzene rings is 2. The minimum absolute atomic E-state index is 0.000990. The molecule has 3 aromatic rings. The normalized spacial score (nSPS) is 10.6.